The lowest BCUT2D eigenvalue weighted by molar-refractivity contribution is -0.128. The predicted molar refractivity (Wildman–Crippen MR) is 68.7 cm³/mol. The zero-order valence-corrected chi connectivity index (χ0v) is 10.9. The summed E-state index contributed by atoms with van der Waals surface area (Å²) in [6.07, 6.45) is 3.80. The molecule has 3 atom stereocenters. The second kappa shape index (κ2) is 4.42. The van der Waals surface area contributed by atoms with E-state index in [1.54, 1.807) is 11.3 Å². The van der Waals surface area contributed by atoms with Crippen LogP contribution in [0, 0.1) is 5.92 Å². The molecule has 0 bridgehead atoms. The van der Waals surface area contributed by atoms with E-state index in [2.05, 4.69) is 34.0 Å². The van der Waals surface area contributed by atoms with Crippen LogP contribution in [-0.4, -0.2) is 23.4 Å². The van der Waals surface area contributed by atoms with Crippen molar-refractivity contribution in [2.75, 3.05) is 6.54 Å². The van der Waals surface area contributed by atoms with E-state index >= 15 is 0 Å². The van der Waals surface area contributed by atoms with Crippen molar-refractivity contribution in [3.8, 4) is 0 Å². The predicted octanol–water partition coefficient (Wildman–Crippen LogP) is 2.37. The van der Waals surface area contributed by atoms with Gasteiger partial charge in [-0.05, 0) is 41.1 Å². The van der Waals surface area contributed by atoms with Crippen LogP contribution in [0.2, 0.25) is 0 Å². The molecule has 3 rings (SSSR count). The lowest BCUT2D eigenvalue weighted by Gasteiger charge is -2.24. The highest BCUT2D eigenvalue weighted by Gasteiger charge is 2.48. The number of amides is 1. The molecule has 92 valence electrons. The Morgan fingerprint density at radius 3 is 3.18 bits per heavy atom. The average Bonchev–Trinajstić information content (AvgIpc) is 2.78. The Kier molecular flexibility index (Phi) is 2.92. The van der Waals surface area contributed by atoms with Gasteiger partial charge in [-0.2, -0.15) is 11.3 Å². The average molecular weight is 250 g/mol. The first-order valence-electron chi connectivity index (χ1n) is 6.38. The molecule has 1 aliphatic carbocycles. The van der Waals surface area contributed by atoms with Crippen LogP contribution in [0.3, 0.4) is 0 Å². The molecule has 3 unspecified atom stereocenters. The maximum Gasteiger partial charge on any atom is 0.238 e. The van der Waals surface area contributed by atoms with Crippen LogP contribution >= 0.6 is 11.3 Å². The number of carbonyl (C=O) groups excluding carboxylic acids is 1. The van der Waals surface area contributed by atoms with Gasteiger partial charge in [0.15, 0.2) is 0 Å². The lowest BCUT2D eigenvalue weighted by Crippen LogP contribution is -2.33. The maximum absolute atomic E-state index is 12.0. The number of nitrogens with one attached hydrogen (secondary N) is 1. The third kappa shape index (κ3) is 2.00. The molecule has 1 saturated heterocycles. The number of carbonyl (C=O) groups is 1. The monoisotopic (exact) mass is 250 g/mol. The molecule has 1 aliphatic heterocycles. The molecule has 17 heavy (non-hydrogen) atoms. The van der Waals surface area contributed by atoms with Crippen molar-refractivity contribution < 1.29 is 4.79 Å². The van der Waals surface area contributed by atoms with Crippen LogP contribution in [0.25, 0.3) is 0 Å². The van der Waals surface area contributed by atoms with Gasteiger partial charge in [0.25, 0.3) is 0 Å². The first kappa shape index (κ1) is 11.2. The fourth-order valence-corrected chi connectivity index (χ4v) is 3.54. The topological polar surface area (TPSA) is 32.3 Å². The van der Waals surface area contributed by atoms with E-state index < -0.39 is 0 Å². The van der Waals surface area contributed by atoms with E-state index in [4.69, 9.17) is 0 Å². The van der Waals surface area contributed by atoms with Crippen molar-refractivity contribution in [1.82, 2.24) is 10.2 Å². The Morgan fingerprint density at radius 1 is 1.59 bits per heavy atom. The van der Waals surface area contributed by atoms with E-state index in [-0.39, 0.29) is 12.1 Å². The molecule has 0 radical (unpaired) electrons. The minimum Gasteiger partial charge on any atom is -0.319 e. The molecule has 1 saturated carbocycles. The van der Waals surface area contributed by atoms with Crippen LogP contribution in [0.15, 0.2) is 16.8 Å². The van der Waals surface area contributed by atoms with E-state index in [0.717, 1.165) is 5.92 Å². The van der Waals surface area contributed by atoms with Crippen LogP contribution in [0.4, 0.5) is 0 Å². The highest BCUT2D eigenvalue weighted by atomic mass is 32.1. The van der Waals surface area contributed by atoms with Gasteiger partial charge in [-0.1, -0.05) is 13.3 Å². The Hall–Kier alpha value is -0.870. The zero-order chi connectivity index (χ0) is 11.8. The fraction of sp³-hybridized carbons (Fsp3) is 0.615. The third-order valence-electron chi connectivity index (χ3n) is 3.77. The van der Waals surface area contributed by atoms with E-state index in [9.17, 15) is 4.79 Å². The smallest absolute Gasteiger partial charge is 0.238 e. The largest absolute Gasteiger partial charge is 0.319 e. The normalized spacial score (nSPS) is 32.2. The standard InChI is InChI=1S/C13H18N2OS/c1-2-3-9-6-11(9)15-12(16)7-14-13(15)10-4-5-17-8-10/h4-5,8-9,11,13-14H,2-3,6-7H2,1H3. The molecule has 1 amide bonds. The van der Waals surface area contributed by atoms with Crippen LogP contribution < -0.4 is 5.32 Å². The van der Waals surface area contributed by atoms with Gasteiger partial charge in [-0.3, -0.25) is 10.1 Å². The Bertz CT molecular complexity index is 404. The zero-order valence-electron chi connectivity index (χ0n) is 10.1. The van der Waals surface area contributed by atoms with Gasteiger partial charge in [0, 0.05) is 6.04 Å². The minimum atomic E-state index is 0.126. The number of hydrogen-bond donors (Lipinski definition) is 1. The highest BCUT2D eigenvalue weighted by molar-refractivity contribution is 7.07. The summed E-state index contributed by atoms with van der Waals surface area (Å²) in [5, 5.41) is 7.54. The first-order valence-corrected chi connectivity index (χ1v) is 7.32. The maximum atomic E-state index is 12.0. The summed E-state index contributed by atoms with van der Waals surface area (Å²) in [7, 11) is 0. The molecular formula is C13H18N2OS. The van der Waals surface area contributed by atoms with Crippen molar-refractivity contribution in [1.29, 1.82) is 0 Å². The van der Waals surface area contributed by atoms with Crippen molar-refractivity contribution in [2.24, 2.45) is 5.92 Å². The molecule has 0 spiro atoms. The highest BCUT2D eigenvalue weighted by Crippen LogP contribution is 2.43. The molecule has 1 N–H and O–H groups in total. The molecule has 2 fully saturated rings. The summed E-state index contributed by atoms with van der Waals surface area (Å²) in [6.45, 7) is 2.71. The summed E-state index contributed by atoms with van der Waals surface area (Å²) in [4.78, 5) is 14.1. The summed E-state index contributed by atoms with van der Waals surface area (Å²) in [5.74, 6) is 1.01. The number of nitrogens with zero attached hydrogens (tertiary/aromatic N) is 1. The van der Waals surface area contributed by atoms with Crippen molar-refractivity contribution in [3.05, 3.63) is 22.4 Å². The van der Waals surface area contributed by atoms with E-state index in [0.29, 0.717) is 12.6 Å². The van der Waals surface area contributed by atoms with E-state index in [1.165, 1.54) is 24.8 Å². The van der Waals surface area contributed by atoms with Gasteiger partial charge in [0.1, 0.15) is 6.17 Å². The van der Waals surface area contributed by atoms with Gasteiger partial charge in [0.2, 0.25) is 5.91 Å². The van der Waals surface area contributed by atoms with Crippen LogP contribution in [0.1, 0.15) is 37.9 Å². The molecule has 2 heterocycles. The van der Waals surface area contributed by atoms with Crippen LogP contribution in [-0.2, 0) is 4.79 Å². The summed E-state index contributed by atoms with van der Waals surface area (Å²) in [6, 6.07) is 2.60. The molecular weight excluding hydrogens is 232 g/mol. The van der Waals surface area contributed by atoms with E-state index in [1.807, 2.05) is 0 Å². The summed E-state index contributed by atoms with van der Waals surface area (Å²) < 4.78 is 0. The summed E-state index contributed by atoms with van der Waals surface area (Å²) >= 11 is 1.69. The van der Waals surface area contributed by atoms with Crippen molar-refractivity contribution >= 4 is 17.2 Å². The molecule has 4 heteroatoms. The second-order valence-electron chi connectivity index (χ2n) is 4.99. The Morgan fingerprint density at radius 2 is 2.47 bits per heavy atom. The lowest BCUT2D eigenvalue weighted by atomic mass is 10.2. The quantitative estimate of drug-likeness (QED) is 0.889. The summed E-state index contributed by atoms with van der Waals surface area (Å²) in [5.41, 5.74) is 1.24. The van der Waals surface area contributed by atoms with Gasteiger partial charge in [0.05, 0.1) is 6.54 Å². The molecule has 0 aromatic carbocycles. The van der Waals surface area contributed by atoms with Gasteiger partial charge in [-0.25, -0.2) is 0 Å². The Balaban J connectivity index is 1.75. The number of thiophene rings is 1. The fourth-order valence-electron chi connectivity index (χ4n) is 2.86. The van der Waals surface area contributed by atoms with Crippen LogP contribution in [0.5, 0.6) is 0 Å². The molecule has 2 aliphatic rings. The SMILES string of the molecule is CCCC1CC1N1C(=O)CNC1c1ccsc1. The first-order chi connectivity index (χ1) is 8.31. The second-order valence-corrected chi connectivity index (χ2v) is 5.77. The third-order valence-corrected chi connectivity index (χ3v) is 4.48. The van der Waals surface area contributed by atoms with Gasteiger partial charge < -0.3 is 4.90 Å². The minimum absolute atomic E-state index is 0.126. The van der Waals surface area contributed by atoms with Crippen molar-refractivity contribution in [2.45, 2.75) is 38.4 Å². The Labute approximate surface area is 106 Å². The number of hydrogen-bond acceptors (Lipinski definition) is 3. The van der Waals surface area contributed by atoms with Crippen molar-refractivity contribution in [3.63, 3.8) is 0 Å². The van der Waals surface area contributed by atoms with Gasteiger partial charge in [-0.15, -0.1) is 0 Å². The molecule has 3 nitrogen and oxygen atoms in total. The number of rotatable bonds is 4. The van der Waals surface area contributed by atoms with Gasteiger partial charge >= 0.3 is 0 Å². The molecule has 1 aromatic rings. The molecule has 1 aromatic heterocycles.